The van der Waals surface area contributed by atoms with E-state index >= 15 is 0 Å². The molecule has 1 aliphatic rings. The number of rotatable bonds is 2. The Morgan fingerprint density at radius 1 is 1.50 bits per heavy atom. The van der Waals surface area contributed by atoms with Crippen LogP contribution in [-0.4, -0.2) is 22.2 Å². The van der Waals surface area contributed by atoms with Crippen LogP contribution in [-0.2, 0) is 10.2 Å². The molecule has 0 saturated heterocycles. The third-order valence-corrected chi connectivity index (χ3v) is 3.10. The van der Waals surface area contributed by atoms with E-state index in [9.17, 15) is 19.4 Å². The predicted octanol–water partition coefficient (Wildman–Crippen LogP) is 0.975. The molecule has 1 aromatic carbocycles. The first-order valence-electron chi connectivity index (χ1n) is 4.94. The van der Waals surface area contributed by atoms with E-state index in [2.05, 4.69) is 0 Å². The lowest BCUT2D eigenvalue weighted by atomic mass is 9.61. The predicted molar refractivity (Wildman–Crippen MR) is 54.6 cm³/mol. The van der Waals surface area contributed by atoms with Crippen molar-refractivity contribution in [1.82, 2.24) is 0 Å². The van der Waals surface area contributed by atoms with Crippen LogP contribution < -0.4 is 5.73 Å². The molecule has 0 unspecified atom stereocenters. The highest BCUT2D eigenvalue weighted by molar-refractivity contribution is 5.84. The zero-order chi connectivity index (χ0) is 11.9. The average molecular weight is 225 g/mol. The molecule has 0 bridgehead atoms. The van der Waals surface area contributed by atoms with E-state index < -0.39 is 17.2 Å². The van der Waals surface area contributed by atoms with Gasteiger partial charge in [0.25, 0.3) is 0 Å². The molecular weight excluding hydrogens is 213 g/mol. The van der Waals surface area contributed by atoms with Crippen LogP contribution in [0.15, 0.2) is 18.2 Å². The number of phenolic OH excluding ortho intramolecular Hbond substituents is 1. The Labute approximate surface area is 91.5 Å². The second kappa shape index (κ2) is 3.45. The van der Waals surface area contributed by atoms with Gasteiger partial charge in [-0.15, -0.1) is 0 Å². The Hall–Kier alpha value is -1.62. The molecule has 1 fully saturated rings. The third kappa shape index (κ3) is 1.44. The van der Waals surface area contributed by atoms with Gasteiger partial charge >= 0.3 is 5.97 Å². The number of aliphatic carboxylic acids is 1. The lowest BCUT2D eigenvalue weighted by molar-refractivity contribution is -0.148. The maximum Gasteiger partial charge on any atom is 0.314 e. The fourth-order valence-electron chi connectivity index (χ4n) is 2.24. The molecule has 4 nitrogen and oxygen atoms in total. The minimum atomic E-state index is -1.23. The van der Waals surface area contributed by atoms with Crippen LogP contribution in [0.5, 0.6) is 5.75 Å². The van der Waals surface area contributed by atoms with Gasteiger partial charge in [0.15, 0.2) is 0 Å². The highest BCUT2D eigenvalue weighted by atomic mass is 19.1. The largest absolute Gasteiger partial charge is 0.508 e. The zero-order valence-corrected chi connectivity index (χ0v) is 8.48. The molecule has 0 atom stereocenters. The molecule has 86 valence electrons. The first-order chi connectivity index (χ1) is 7.45. The van der Waals surface area contributed by atoms with Crippen molar-refractivity contribution in [2.75, 3.05) is 0 Å². The van der Waals surface area contributed by atoms with Gasteiger partial charge in [-0.2, -0.15) is 0 Å². The molecule has 0 amide bonds. The first-order valence-corrected chi connectivity index (χ1v) is 4.94. The van der Waals surface area contributed by atoms with Gasteiger partial charge in [-0.05, 0) is 31.0 Å². The SMILES string of the molecule is NC1CC(C(=O)O)(c2cc(F)ccc2O)C1. The molecule has 1 saturated carbocycles. The molecule has 4 N–H and O–H groups in total. The Morgan fingerprint density at radius 3 is 2.62 bits per heavy atom. The minimum Gasteiger partial charge on any atom is -0.508 e. The summed E-state index contributed by atoms with van der Waals surface area (Å²) in [6, 6.07) is 3.11. The van der Waals surface area contributed by atoms with Gasteiger partial charge < -0.3 is 15.9 Å². The zero-order valence-electron chi connectivity index (χ0n) is 8.48. The van der Waals surface area contributed by atoms with Gasteiger partial charge in [0.1, 0.15) is 11.6 Å². The summed E-state index contributed by atoms with van der Waals surface area (Å²) in [4.78, 5) is 11.2. The lowest BCUT2D eigenvalue weighted by Gasteiger charge is -2.43. The Bertz CT molecular complexity index is 441. The van der Waals surface area contributed by atoms with Gasteiger partial charge in [0.05, 0.1) is 5.41 Å². The molecule has 0 radical (unpaired) electrons. The molecule has 2 rings (SSSR count). The number of phenols is 1. The molecule has 0 spiro atoms. The molecular formula is C11H12FNO3. The number of hydrogen-bond donors (Lipinski definition) is 3. The second-order valence-electron chi connectivity index (χ2n) is 4.22. The van der Waals surface area contributed by atoms with E-state index in [1.807, 2.05) is 0 Å². The maximum absolute atomic E-state index is 13.1. The maximum atomic E-state index is 13.1. The highest BCUT2D eigenvalue weighted by Gasteiger charge is 2.51. The van der Waals surface area contributed by atoms with Crippen LogP contribution in [0.3, 0.4) is 0 Å². The Balaban J connectivity index is 2.48. The van der Waals surface area contributed by atoms with Crippen LogP contribution in [0.2, 0.25) is 0 Å². The molecule has 1 aromatic rings. The number of nitrogens with two attached hydrogens (primary N) is 1. The van der Waals surface area contributed by atoms with Crippen molar-refractivity contribution in [3.8, 4) is 5.75 Å². The van der Waals surface area contributed by atoms with Crippen LogP contribution in [0.25, 0.3) is 0 Å². The van der Waals surface area contributed by atoms with E-state index in [1.54, 1.807) is 0 Å². The van der Waals surface area contributed by atoms with Gasteiger partial charge in [-0.25, -0.2) is 4.39 Å². The van der Waals surface area contributed by atoms with Crippen molar-refractivity contribution in [3.05, 3.63) is 29.6 Å². The normalized spacial score (nSPS) is 28.5. The number of carboxylic acids is 1. The summed E-state index contributed by atoms with van der Waals surface area (Å²) < 4.78 is 13.1. The number of halogens is 1. The topological polar surface area (TPSA) is 83.6 Å². The molecule has 16 heavy (non-hydrogen) atoms. The molecule has 0 aliphatic heterocycles. The summed E-state index contributed by atoms with van der Waals surface area (Å²) in [6.07, 6.45) is 0.443. The average Bonchev–Trinajstić information content (AvgIpc) is 2.16. The number of hydrogen-bond acceptors (Lipinski definition) is 3. The molecule has 5 heteroatoms. The van der Waals surface area contributed by atoms with Crippen molar-refractivity contribution in [2.45, 2.75) is 24.3 Å². The quantitative estimate of drug-likeness (QED) is 0.700. The van der Waals surface area contributed by atoms with Crippen LogP contribution in [0.1, 0.15) is 18.4 Å². The Kier molecular flexibility index (Phi) is 2.35. The van der Waals surface area contributed by atoms with Crippen LogP contribution in [0, 0.1) is 5.82 Å². The van der Waals surface area contributed by atoms with Crippen molar-refractivity contribution < 1.29 is 19.4 Å². The van der Waals surface area contributed by atoms with E-state index in [0.29, 0.717) is 0 Å². The summed E-state index contributed by atoms with van der Waals surface area (Å²) in [5, 5.41) is 18.8. The number of carboxylic acid groups (broad SMARTS) is 1. The third-order valence-electron chi connectivity index (χ3n) is 3.10. The van der Waals surface area contributed by atoms with Crippen LogP contribution >= 0.6 is 0 Å². The van der Waals surface area contributed by atoms with Crippen molar-refractivity contribution in [1.29, 1.82) is 0 Å². The molecule has 0 aromatic heterocycles. The monoisotopic (exact) mass is 225 g/mol. The summed E-state index contributed by atoms with van der Waals surface area (Å²) in [7, 11) is 0. The fraction of sp³-hybridized carbons (Fsp3) is 0.364. The van der Waals surface area contributed by atoms with E-state index in [4.69, 9.17) is 5.73 Å². The smallest absolute Gasteiger partial charge is 0.314 e. The second-order valence-corrected chi connectivity index (χ2v) is 4.22. The highest BCUT2D eigenvalue weighted by Crippen LogP contribution is 2.46. The van der Waals surface area contributed by atoms with Crippen molar-refractivity contribution >= 4 is 5.97 Å². The van der Waals surface area contributed by atoms with Crippen molar-refractivity contribution in [3.63, 3.8) is 0 Å². The van der Waals surface area contributed by atoms with Gasteiger partial charge in [-0.1, -0.05) is 0 Å². The summed E-state index contributed by atoms with van der Waals surface area (Å²) in [6.45, 7) is 0. The number of carbonyl (C=O) groups is 1. The molecule has 1 aliphatic carbocycles. The fourth-order valence-corrected chi connectivity index (χ4v) is 2.24. The van der Waals surface area contributed by atoms with E-state index in [-0.39, 0.29) is 30.2 Å². The van der Waals surface area contributed by atoms with E-state index in [1.165, 1.54) is 6.07 Å². The van der Waals surface area contributed by atoms with E-state index in [0.717, 1.165) is 12.1 Å². The van der Waals surface area contributed by atoms with Gasteiger partial charge in [0, 0.05) is 11.6 Å². The summed E-state index contributed by atoms with van der Waals surface area (Å²) in [5.74, 6) is -1.83. The van der Waals surface area contributed by atoms with Crippen LogP contribution in [0.4, 0.5) is 4.39 Å². The molecule has 0 heterocycles. The Morgan fingerprint density at radius 2 is 2.12 bits per heavy atom. The standard InChI is InChI=1S/C11H12FNO3/c12-6-1-2-9(14)8(3-6)11(10(15)16)4-7(13)5-11/h1-3,7,14H,4-5,13H2,(H,15,16). The summed E-state index contributed by atoms with van der Waals surface area (Å²) >= 11 is 0. The number of aromatic hydroxyl groups is 1. The summed E-state index contributed by atoms with van der Waals surface area (Å²) in [5.41, 5.74) is 4.46. The lowest BCUT2D eigenvalue weighted by Crippen LogP contribution is -2.54. The van der Waals surface area contributed by atoms with Crippen molar-refractivity contribution in [2.24, 2.45) is 5.73 Å². The number of benzene rings is 1. The minimum absolute atomic E-state index is 0.113. The first kappa shape index (κ1) is 10.9. The van der Waals surface area contributed by atoms with Gasteiger partial charge in [0.2, 0.25) is 0 Å². The van der Waals surface area contributed by atoms with Gasteiger partial charge in [-0.3, -0.25) is 4.79 Å².